The summed E-state index contributed by atoms with van der Waals surface area (Å²) in [4.78, 5) is 4.38. The summed E-state index contributed by atoms with van der Waals surface area (Å²) in [5.74, 6) is 1.62. The molecule has 0 atom stereocenters. The first-order chi connectivity index (χ1) is 7.34. The molecule has 3 N–H and O–H groups in total. The van der Waals surface area contributed by atoms with Crippen LogP contribution in [-0.4, -0.2) is 18.5 Å². The van der Waals surface area contributed by atoms with Crippen LogP contribution in [0.3, 0.4) is 0 Å². The Labute approximate surface area is 92.5 Å². The summed E-state index contributed by atoms with van der Waals surface area (Å²) in [6.45, 7) is 0.913. The minimum Gasteiger partial charge on any atom is -0.370 e. The summed E-state index contributed by atoms with van der Waals surface area (Å²) in [6, 6.07) is 0.587. The van der Waals surface area contributed by atoms with Crippen LogP contribution in [0.1, 0.15) is 51.4 Å². The molecule has 86 valence electrons. The molecule has 3 heteroatoms. The normalized spacial score (nSPS) is 24.1. The van der Waals surface area contributed by atoms with E-state index in [9.17, 15) is 0 Å². The molecule has 0 saturated heterocycles. The van der Waals surface area contributed by atoms with Crippen LogP contribution in [0.25, 0.3) is 0 Å². The summed E-state index contributed by atoms with van der Waals surface area (Å²) in [5.41, 5.74) is 5.85. The Hall–Kier alpha value is -0.730. The van der Waals surface area contributed by atoms with E-state index in [1.807, 2.05) is 0 Å². The molecule has 0 spiro atoms. The average Bonchev–Trinajstić information content (AvgIpc) is 3.03. The van der Waals surface area contributed by atoms with Gasteiger partial charge in [0.05, 0.1) is 0 Å². The zero-order chi connectivity index (χ0) is 10.5. The Bertz CT molecular complexity index is 215. The predicted molar refractivity (Wildman–Crippen MR) is 63.8 cm³/mol. The fraction of sp³-hybridized carbons (Fsp3) is 0.917. The monoisotopic (exact) mass is 209 g/mol. The van der Waals surface area contributed by atoms with E-state index in [0.717, 1.165) is 12.5 Å². The maximum Gasteiger partial charge on any atom is 0.188 e. The predicted octanol–water partition coefficient (Wildman–Crippen LogP) is 2.02. The van der Waals surface area contributed by atoms with Crippen LogP contribution in [0, 0.1) is 5.92 Å². The molecule has 2 saturated carbocycles. The van der Waals surface area contributed by atoms with Gasteiger partial charge in [0.25, 0.3) is 0 Å². The molecule has 2 aliphatic carbocycles. The number of hydrogen-bond acceptors (Lipinski definition) is 1. The van der Waals surface area contributed by atoms with Crippen molar-refractivity contribution in [3.8, 4) is 0 Å². The highest BCUT2D eigenvalue weighted by Gasteiger charge is 2.20. The highest BCUT2D eigenvalue weighted by molar-refractivity contribution is 5.78. The molecular weight excluding hydrogens is 186 g/mol. The van der Waals surface area contributed by atoms with Crippen LogP contribution in [0.4, 0.5) is 0 Å². The minimum absolute atomic E-state index is 0.587. The maximum atomic E-state index is 5.85. The van der Waals surface area contributed by atoms with Crippen LogP contribution in [0.5, 0.6) is 0 Å². The first kappa shape index (κ1) is 10.8. The third-order valence-electron chi connectivity index (χ3n) is 3.47. The number of guanidine groups is 1. The van der Waals surface area contributed by atoms with E-state index in [0.29, 0.717) is 12.0 Å². The summed E-state index contributed by atoms with van der Waals surface area (Å²) in [7, 11) is 0. The lowest BCUT2D eigenvalue weighted by atomic mass is 9.96. The molecule has 2 fully saturated rings. The number of nitrogens with zero attached hydrogens (tertiary/aromatic N) is 1. The van der Waals surface area contributed by atoms with Crippen molar-refractivity contribution < 1.29 is 0 Å². The third-order valence-corrected chi connectivity index (χ3v) is 3.47. The van der Waals surface area contributed by atoms with Gasteiger partial charge in [-0.3, -0.25) is 4.99 Å². The summed E-state index contributed by atoms with van der Waals surface area (Å²) >= 11 is 0. The molecule has 3 nitrogen and oxygen atoms in total. The molecule has 2 aliphatic rings. The topological polar surface area (TPSA) is 50.4 Å². The maximum absolute atomic E-state index is 5.85. The van der Waals surface area contributed by atoms with Crippen molar-refractivity contribution in [1.29, 1.82) is 0 Å². The Kier molecular flexibility index (Phi) is 3.87. The standard InChI is InChI=1S/C12H23N3/c13-12(14-9-8-10-6-7-10)15-11-4-2-1-3-5-11/h10-11H,1-9H2,(H3,13,14,15). The van der Waals surface area contributed by atoms with Gasteiger partial charge in [-0.2, -0.15) is 0 Å². The molecule has 0 amide bonds. The second-order valence-electron chi connectivity index (χ2n) is 4.98. The van der Waals surface area contributed by atoms with Crippen LogP contribution in [0.15, 0.2) is 4.99 Å². The van der Waals surface area contributed by atoms with Gasteiger partial charge in [0.1, 0.15) is 0 Å². The highest BCUT2D eigenvalue weighted by Crippen LogP contribution is 2.32. The van der Waals surface area contributed by atoms with Crippen molar-refractivity contribution in [3.05, 3.63) is 0 Å². The fourth-order valence-electron chi connectivity index (χ4n) is 2.28. The number of nitrogens with one attached hydrogen (secondary N) is 1. The molecule has 0 radical (unpaired) electrons. The fourth-order valence-corrected chi connectivity index (χ4v) is 2.28. The van der Waals surface area contributed by atoms with Crippen molar-refractivity contribution in [1.82, 2.24) is 5.32 Å². The number of aliphatic imine (C=N–C) groups is 1. The molecule has 0 bridgehead atoms. The molecule has 15 heavy (non-hydrogen) atoms. The van der Waals surface area contributed by atoms with Crippen molar-refractivity contribution in [2.45, 2.75) is 57.4 Å². The summed E-state index contributed by atoms with van der Waals surface area (Å²) < 4.78 is 0. The van der Waals surface area contributed by atoms with Gasteiger partial charge in [-0.1, -0.05) is 32.1 Å². The van der Waals surface area contributed by atoms with Gasteiger partial charge in [-0.15, -0.1) is 0 Å². The van der Waals surface area contributed by atoms with E-state index in [2.05, 4.69) is 10.3 Å². The van der Waals surface area contributed by atoms with Crippen molar-refractivity contribution >= 4 is 5.96 Å². The van der Waals surface area contributed by atoms with E-state index in [1.165, 1.54) is 51.4 Å². The Morgan fingerprint density at radius 2 is 1.87 bits per heavy atom. The number of hydrogen-bond donors (Lipinski definition) is 2. The van der Waals surface area contributed by atoms with E-state index in [4.69, 9.17) is 5.73 Å². The lowest BCUT2D eigenvalue weighted by molar-refractivity contribution is 0.412. The Morgan fingerprint density at radius 3 is 2.53 bits per heavy atom. The smallest absolute Gasteiger partial charge is 0.188 e. The van der Waals surface area contributed by atoms with Crippen molar-refractivity contribution in [3.63, 3.8) is 0 Å². The average molecular weight is 209 g/mol. The van der Waals surface area contributed by atoms with E-state index in [-0.39, 0.29) is 0 Å². The minimum atomic E-state index is 0.587. The second-order valence-corrected chi connectivity index (χ2v) is 4.98. The molecule has 0 heterocycles. The molecule has 0 aromatic rings. The third kappa shape index (κ3) is 4.10. The van der Waals surface area contributed by atoms with Gasteiger partial charge in [-0.05, 0) is 25.2 Å². The van der Waals surface area contributed by atoms with Crippen molar-refractivity contribution in [2.75, 3.05) is 6.54 Å². The molecule has 0 aromatic carbocycles. The first-order valence-electron chi connectivity index (χ1n) is 6.41. The van der Waals surface area contributed by atoms with E-state index in [1.54, 1.807) is 0 Å². The molecule has 0 unspecified atom stereocenters. The summed E-state index contributed by atoms with van der Waals surface area (Å²) in [5, 5.41) is 3.34. The van der Waals surface area contributed by atoms with Gasteiger partial charge in [-0.25, -0.2) is 0 Å². The second kappa shape index (κ2) is 5.38. The highest BCUT2D eigenvalue weighted by atomic mass is 15.1. The van der Waals surface area contributed by atoms with Crippen LogP contribution < -0.4 is 11.1 Å². The molecule has 0 aliphatic heterocycles. The summed E-state index contributed by atoms with van der Waals surface area (Å²) in [6.07, 6.45) is 10.6. The largest absolute Gasteiger partial charge is 0.370 e. The van der Waals surface area contributed by atoms with E-state index < -0.39 is 0 Å². The van der Waals surface area contributed by atoms with Crippen LogP contribution in [-0.2, 0) is 0 Å². The van der Waals surface area contributed by atoms with Gasteiger partial charge >= 0.3 is 0 Å². The zero-order valence-corrected chi connectivity index (χ0v) is 9.54. The van der Waals surface area contributed by atoms with Gasteiger partial charge in [0.2, 0.25) is 0 Å². The molecule has 2 rings (SSSR count). The van der Waals surface area contributed by atoms with Crippen molar-refractivity contribution in [2.24, 2.45) is 16.6 Å². The molecule has 0 aromatic heterocycles. The molecular formula is C12H23N3. The van der Waals surface area contributed by atoms with Crippen LogP contribution >= 0.6 is 0 Å². The van der Waals surface area contributed by atoms with E-state index >= 15 is 0 Å². The SMILES string of the molecule is NC(=NCCC1CC1)NC1CCCCC1. The Morgan fingerprint density at radius 1 is 1.13 bits per heavy atom. The Balaban J connectivity index is 1.62. The lowest BCUT2D eigenvalue weighted by Crippen LogP contribution is -2.41. The van der Waals surface area contributed by atoms with Crippen LogP contribution in [0.2, 0.25) is 0 Å². The van der Waals surface area contributed by atoms with Gasteiger partial charge in [0, 0.05) is 12.6 Å². The number of nitrogens with two attached hydrogens (primary N) is 1. The van der Waals surface area contributed by atoms with Gasteiger partial charge in [0.15, 0.2) is 5.96 Å². The number of rotatable bonds is 4. The zero-order valence-electron chi connectivity index (χ0n) is 9.54. The lowest BCUT2D eigenvalue weighted by Gasteiger charge is -2.23. The first-order valence-corrected chi connectivity index (χ1v) is 6.41. The van der Waals surface area contributed by atoms with Gasteiger partial charge < -0.3 is 11.1 Å². The quantitative estimate of drug-likeness (QED) is 0.550.